The zero-order valence-corrected chi connectivity index (χ0v) is 23.6. The number of methoxy groups -OCH3 is 1. The van der Waals surface area contributed by atoms with E-state index in [1.54, 1.807) is 23.6 Å². The Labute approximate surface area is 234 Å². The first-order valence-electron chi connectivity index (χ1n) is 12.4. The number of carbonyl (C=O) groups is 2. The Morgan fingerprint density at radius 2 is 1.85 bits per heavy atom. The molecule has 1 aromatic heterocycles. The molecule has 0 aliphatic rings. The summed E-state index contributed by atoms with van der Waals surface area (Å²) in [6.07, 6.45) is 0.750. The van der Waals surface area contributed by atoms with Crippen LogP contribution in [0, 0.1) is 22.9 Å². The molecule has 0 aliphatic heterocycles. The van der Waals surface area contributed by atoms with E-state index in [0.29, 0.717) is 25.2 Å². The van der Waals surface area contributed by atoms with E-state index in [1.807, 2.05) is 0 Å². The van der Waals surface area contributed by atoms with Gasteiger partial charge in [-0.3, -0.25) is 10.1 Å². The maximum absolute atomic E-state index is 15.5. The zero-order valence-electron chi connectivity index (χ0n) is 22.8. The van der Waals surface area contributed by atoms with Crippen LogP contribution in [0.2, 0.25) is 0 Å². The Morgan fingerprint density at radius 3 is 2.45 bits per heavy atom. The van der Waals surface area contributed by atoms with E-state index < -0.39 is 41.0 Å². The Morgan fingerprint density at radius 1 is 1.18 bits per heavy atom. The maximum Gasteiger partial charge on any atom is 0.331 e. The number of carbonyl (C=O) groups excluding carboxylic acids is 1. The van der Waals surface area contributed by atoms with Crippen LogP contribution in [0.5, 0.6) is 0 Å². The molecule has 2 aromatic carbocycles. The van der Waals surface area contributed by atoms with Gasteiger partial charge in [-0.15, -0.1) is 11.3 Å². The third-order valence-corrected chi connectivity index (χ3v) is 6.52. The summed E-state index contributed by atoms with van der Waals surface area (Å²) in [5.41, 5.74) is -0.353. The van der Waals surface area contributed by atoms with Crippen molar-refractivity contribution in [2.75, 3.05) is 25.6 Å². The summed E-state index contributed by atoms with van der Waals surface area (Å²) in [7, 11) is 1.50. The van der Waals surface area contributed by atoms with Gasteiger partial charge in [0.2, 0.25) is 0 Å². The highest BCUT2D eigenvalue weighted by molar-refractivity contribution is 7.14. The van der Waals surface area contributed by atoms with Gasteiger partial charge in [-0.25, -0.2) is 22.9 Å². The Bertz CT molecular complexity index is 1390. The highest BCUT2D eigenvalue weighted by atomic mass is 32.1. The van der Waals surface area contributed by atoms with E-state index in [4.69, 9.17) is 14.6 Å². The predicted octanol–water partition coefficient (Wildman–Crippen LogP) is 7.11. The van der Waals surface area contributed by atoms with Crippen LogP contribution in [0.4, 0.5) is 18.3 Å². The first-order chi connectivity index (χ1) is 18.8. The average Bonchev–Trinajstić information content (AvgIpc) is 3.33. The van der Waals surface area contributed by atoms with Gasteiger partial charge in [-0.1, -0.05) is 32.9 Å². The van der Waals surface area contributed by atoms with Gasteiger partial charge >= 0.3 is 5.97 Å². The fourth-order valence-electron chi connectivity index (χ4n) is 3.72. The molecule has 1 atom stereocenters. The highest BCUT2D eigenvalue weighted by Crippen LogP contribution is 2.33. The molecule has 1 amide bonds. The standard InChI is InChI=1S/C29H31F3N2O5S/c1-16(27(36)37)11-20-21(30)12-17(13-22(20)31)26(35)34-28-33-23(14-40-28)18-7-6-8-19(25(18)32)24(38-5)9-10-39-15-29(2,3)4/h6-8,11-14,24H,9-10,15H2,1-5H3,(H,36,37)(H,33,34,35)/b16-11+. The van der Waals surface area contributed by atoms with Crippen molar-refractivity contribution in [1.29, 1.82) is 0 Å². The summed E-state index contributed by atoms with van der Waals surface area (Å²) < 4.78 is 55.7. The number of thiazole rings is 1. The minimum Gasteiger partial charge on any atom is -0.478 e. The van der Waals surface area contributed by atoms with Crippen molar-refractivity contribution in [2.45, 2.75) is 40.2 Å². The third kappa shape index (κ3) is 8.00. The highest BCUT2D eigenvalue weighted by Gasteiger charge is 2.21. The molecule has 0 bridgehead atoms. The minimum absolute atomic E-state index is 0.00960. The molecule has 40 heavy (non-hydrogen) atoms. The van der Waals surface area contributed by atoms with Crippen LogP contribution in [0.3, 0.4) is 0 Å². The lowest BCUT2D eigenvalue weighted by Gasteiger charge is -2.21. The fourth-order valence-corrected chi connectivity index (χ4v) is 4.43. The number of ether oxygens (including phenoxy) is 2. The quantitative estimate of drug-likeness (QED) is 0.187. The van der Waals surface area contributed by atoms with E-state index in [2.05, 4.69) is 31.1 Å². The molecule has 0 aliphatic carbocycles. The lowest BCUT2D eigenvalue weighted by Crippen LogP contribution is -2.16. The van der Waals surface area contributed by atoms with E-state index >= 15 is 4.39 Å². The maximum atomic E-state index is 15.5. The second-order valence-electron chi connectivity index (χ2n) is 10.3. The Hall–Kier alpha value is -3.54. The van der Waals surface area contributed by atoms with Gasteiger partial charge in [0.25, 0.3) is 5.91 Å². The van der Waals surface area contributed by atoms with Crippen LogP contribution in [0.25, 0.3) is 17.3 Å². The lowest BCUT2D eigenvalue weighted by atomic mass is 9.98. The number of benzene rings is 2. The van der Waals surface area contributed by atoms with E-state index in [9.17, 15) is 18.4 Å². The van der Waals surface area contributed by atoms with Gasteiger partial charge < -0.3 is 14.6 Å². The lowest BCUT2D eigenvalue weighted by molar-refractivity contribution is -0.132. The molecule has 214 valence electrons. The van der Waals surface area contributed by atoms with E-state index in [0.717, 1.165) is 29.5 Å². The van der Waals surface area contributed by atoms with Crippen molar-refractivity contribution in [3.8, 4) is 11.3 Å². The largest absolute Gasteiger partial charge is 0.478 e. The first-order valence-corrected chi connectivity index (χ1v) is 13.3. The monoisotopic (exact) mass is 576 g/mol. The van der Waals surface area contributed by atoms with Gasteiger partial charge in [0, 0.05) is 53.3 Å². The van der Waals surface area contributed by atoms with Crippen molar-refractivity contribution in [1.82, 2.24) is 4.98 Å². The third-order valence-electron chi connectivity index (χ3n) is 5.76. The molecule has 1 unspecified atom stereocenters. The van der Waals surface area contributed by atoms with E-state index in [-0.39, 0.29) is 32.9 Å². The zero-order chi connectivity index (χ0) is 29.6. The smallest absolute Gasteiger partial charge is 0.331 e. The number of amides is 1. The summed E-state index contributed by atoms with van der Waals surface area (Å²) in [6, 6.07) is 6.46. The number of nitrogens with zero attached hydrogens (tertiary/aromatic N) is 1. The van der Waals surface area contributed by atoms with Crippen LogP contribution in [-0.4, -0.2) is 42.3 Å². The molecular formula is C29H31F3N2O5S. The number of rotatable bonds is 11. The molecule has 0 radical (unpaired) electrons. The van der Waals surface area contributed by atoms with E-state index in [1.165, 1.54) is 14.0 Å². The van der Waals surface area contributed by atoms with Crippen molar-refractivity contribution in [3.63, 3.8) is 0 Å². The second-order valence-corrected chi connectivity index (χ2v) is 11.2. The number of aromatic nitrogens is 1. The topological polar surface area (TPSA) is 97.8 Å². The van der Waals surface area contributed by atoms with Crippen LogP contribution < -0.4 is 5.32 Å². The van der Waals surface area contributed by atoms with Crippen molar-refractivity contribution in [2.24, 2.45) is 5.41 Å². The molecule has 2 N–H and O–H groups in total. The number of hydrogen-bond acceptors (Lipinski definition) is 6. The summed E-state index contributed by atoms with van der Waals surface area (Å²) in [5, 5.41) is 13.0. The van der Waals surface area contributed by atoms with Crippen LogP contribution in [0.15, 0.2) is 41.3 Å². The molecule has 11 heteroatoms. The van der Waals surface area contributed by atoms with Crippen LogP contribution in [-0.2, 0) is 14.3 Å². The average molecular weight is 577 g/mol. The van der Waals surface area contributed by atoms with Gasteiger partial charge in [0.05, 0.1) is 18.4 Å². The molecule has 0 saturated heterocycles. The molecule has 3 rings (SSSR count). The molecule has 7 nitrogen and oxygen atoms in total. The summed E-state index contributed by atoms with van der Waals surface area (Å²) in [5.74, 6) is -4.88. The summed E-state index contributed by atoms with van der Waals surface area (Å²) in [4.78, 5) is 27.9. The SMILES string of the molecule is COC(CCOCC(C)(C)C)c1cccc(-c2csc(NC(=O)c3cc(F)c(/C=C(\C)C(=O)O)c(F)c3)n2)c1F. The Kier molecular flexibility index (Phi) is 10.2. The number of halogens is 3. The van der Waals surface area contributed by atoms with Crippen LogP contribution in [0.1, 0.15) is 61.7 Å². The number of aliphatic carboxylic acids is 1. The van der Waals surface area contributed by atoms with Crippen LogP contribution >= 0.6 is 11.3 Å². The summed E-state index contributed by atoms with van der Waals surface area (Å²) in [6.45, 7) is 8.32. The molecule has 1 heterocycles. The Balaban J connectivity index is 1.75. The number of carboxylic acids is 1. The molecule has 0 saturated carbocycles. The number of anilines is 1. The van der Waals surface area contributed by atoms with Gasteiger partial charge in [0.1, 0.15) is 17.5 Å². The van der Waals surface area contributed by atoms with Crippen molar-refractivity contribution >= 4 is 34.4 Å². The van der Waals surface area contributed by atoms with Gasteiger partial charge in [0.15, 0.2) is 5.13 Å². The predicted molar refractivity (Wildman–Crippen MR) is 148 cm³/mol. The first kappa shape index (κ1) is 31.0. The number of hydrogen-bond donors (Lipinski definition) is 2. The van der Waals surface area contributed by atoms with Crippen molar-refractivity contribution < 1.29 is 37.3 Å². The number of nitrogens with one attached hydrogen (secondary N) is 1. The minimum atomic E-state index is -1.33. The van der Waals surface area contributed by atoms with Crippen molar-refractivity contribution in [3.05, 3.63) is 75.4 Å². The van der Waals surface area contributed by atoms with Gasteiger partial charge in [-0.05, 0) is 36.6 Å². The summed E-state index contributed by atoms with van der Waals surface area (Å²) >= 11 is 1.02. The molecule has 3 aromatic rings. The number of carboxylic acid groups (broad SMARTS) is 1. The molecule has 0 fully saturated rings. The fraction of sp³-hybridized carbons (Fsp3) is 0.345. The molecular weight excluding hydrogens is 545 g/mol. The normalized spacial score (nSPS) is 12.8. The molecule has 0 spiro atoms. The second kappa shape index (κ2) is 13.2. The van der Waals surface area contributed by atoms with Gasteiger partial charge in [-0.2, -0.15) is 0 Å².